The van der Waals surface area contributed by atoms with E-state index in [1.54, 1.807) is 13.8 Å². The van der Waals surface area contributed by atoms with Crippen LogP contribution in [-0.2, 0) is 6.54 Å². The first-order chi connectivity index (χ1) is 7.04. The van der Waals surface area contributed by atoms with Crippen molar-refractivity contribution in [3.8, 4) is 5.88 Å². The zero-order valence-corrected chi connectivity index (χ0v) is 8.61. The van der Waals surface area contributed by atoms with E-state index >= 15 is 0 Å². The van der Waals surface area contributed by atoms with Gasteiger partial charge in [0.15, 0.2) is 5.88 Å². The minimum Gasteiger partial charge on any atom is -0.494 e. The van der Waals surface area contributed by atoms with Crippen LogP contribution in [0.5, 0.6) is 5.88 Å². The fourth-order valence-corrected chi connectivity index (χ4v) is 1.37. The Balaban J connectivity index is 3.63. The van der Waals surface area contributed by atoms with Crippen molar-refractivity contribution in [1.82, 2.24) is 4.57 Å². The monoisotopic (exact) mass is 208 g/mol. The number of nitrogens with zero attached hydrogens (tertiary/aromatic N) is 2. The summed E-state index contributed by atoms with van der Waals surface area (Å²) in [4.78, 5) is 14.8. The third-order valence-corrected chi connectivity index (χ3v) is 2.39. The van der Waals surface area contributed by atoms with E-state index in [2.05, 4.69) is 4.85 Å². The number of aliphatic hydroxyl groups excluding tert-OH is 1. The smallest absolute Gasteiger partial charge is 0.259 e. The normalized spacial score (nSPS) is 10.0. The highest BCUT2D eigenvalue weighted by Crippen LogP contribution is 2.24. The number of hydrogen-bond donors (Lipinski definition) is 2. The molecule has 15 heavy (non-hydrogen) atoms. The van der Waals surface area contributed by atoms with E-state index in [1.165, 1.54) is 0 Å². The molecule has 0 aliphatic rings. The maximum absolute atomic E-state index is 11.7. The molecule has 0 atom stereocenters. The Bertz CT molecular complexity index is 483. The molecule has 0 spiro atoms. The van der Waals surface area contributed by atoms with E-state index in [-0.39, 0.29) is 24.7 Å². The maximum Gasteiger partial charge on any atom is 0.259 e. The highest BCUT2D eigenvalue weighted by molar-refractivity contribution is 5.55. The zero-order chi connectivity index (χ0) is 11.6. The van der Waals surface area contributed by atoms with Gasteiger partial charge in [-0.05, 0) is 19.4 Å². The van der Waals surface area contributed by atoms with Crippen LogP contribution >= 0.6 is 0 Å². The Morgan fingerprint density at radius 3 is 2.47 bits per heavy atom. The third kappa shape index (κ3) is 1.72. The Morgan fingerprint density at radius 1 is 1.40 bits per heavy atom. The van der Waals surface area contributed by atoms with Gasteiger partial charge in [0.1, 0.15) is 0 Å². The van der Waals surface area contributed by atoms with Crippen LogP contribution in [0, 0.1) is 20.4 Å². The number of hydrogen-bond acceptors (Lipinski definition) is 3. The van der Waals surface area contributed by atoms with Gasteiger partial charge in [-0.2, -0.15) is 0 Å². The van der Waals surface area contributed by atoms with E-state index in [0.29, 0.717) is 11.1 Å². The van der Waals surface area contributed by atoms with Crippen molar-refractivity contribution in [1.29, 1.82) is 0 Å². The lowest BCUT2D eigenvalue weighted by atomic mass is 10.1. The molecule has 0 aliphatic carbocycles. The number of pyridine rings is 1. The van der Waals surface area contributed by atoms with Gasteiger partial charge in [-0.1, -0.05) is 0 Å². The lowest BCUT2D eigenvalue weighted by Gasteiger charge is -2.12. The number of aliphatic hydroxyl groups is 1. The van der Waals surface area contributed by atoms with Crippen LogP contribution in [0.25, 0.3) is 4.85 Å². The first-order valence-electron chi connectivity index (χ1n) is 4.45. The van der Waals surface area contributed by atoms with Crippen LogP contribution in [0.15, 0.2) is 4.79 Å². The van der Waals surface area contributed by atoms with Gasteiger partial charge < -0.3 is 10.2 Å². The molecule has 0 fully saturated rings. The minimum absolute atomic E-state index is 0.00116. The SMILES string of the molecule is [C-]#[N+]c1c(C)c(C)c(O)n(CCO)c1=O. The minimum atomic E-state index is -0.556. The van der Waals surface area contributed by atoms with E-state index in [0.717, 1.165) is 4.57 Å². The second-order valence-electron chi connectivity index (χ2n) is 3.21. The van der Waals surface area contributed by atoms with Crippen LogP contribution in [0.2, 0.25) is 0 Å². The molecule has 5 nitrogen and oxygen atoms in total. The number of aromatic hydroxyl groups is 1. The molecule has 0 aromatic carbocycles. The second-order valence-corrected chi connectivity index (χ2v) is 3.21. The molecule has 80 valence electrons. The summed E-state index contributed by atoms with van der Waals surface area (Å²) in [6, 6.07) is 0. The van der Waals surface area contributed by atoms with Gasteiger partial charge in [0.25, 0.3) is 11.2 Å². The maximum atomic E-state index is 11.7. The molecule has 0 amide bonds. The fourth-order valence-electron chi connectivity index (χ4n) is 1.37. The van der Waals surface area contributed by atoms with Crippen molar-refractivity contribution in [2.24, 2.45) is 0 Å². The summed E-state index contributed by atoms with van der Waals surface area (Å²) in [5.41, 5.74) is 0.425. The molecule has 0 bridgehead atoms. The third-order valence-electron chi connectivity index (χ3n) is 2.39. The topological polar surface area (TPSA) is 66.8 Å². The van der Waals surface area contributed by atoms with Gasteiger partial charge in [0.2, 0.25) is 0 Å². The summed E-state index contributed by atoms with van der Waals surface area (Å²) in [5, 5.41) is 18.4. The summed E-state index contributed by atoms with van der Waals surface area (Å²) >= 11 is 0. The predicted molar refractivity (Wildman–Crippen MR) is 55.2 cm³/mol. The van der Waals surface area contributed by atoms with Crippen molar-refractivity contribution < 1.29 is 10.2 Å². The molecule has 1 heterocycles. The largest absolute Gasteiger partial charge is 0.494 e. The molecule has 0 unspecified atom stereocenters. The van der Waals surface area contributed by atoms with Gasteiger partial charge >= 0.3 is 0 Å². The van der Waals surface area contributed by atoms with Gasteiger partial charge in [0, 0.05) is 5.56 Å². The van der Waals surface area contributed by atoms with Gasteiger partial charge in [0.05, 0.1) is 19.7 Å². The Labute approximate surface area is 87.0 Å². The summed E-state index contributed by atoms with van der Waals surface area (Å²) in [5.74, 6) is -0.182. The molecule has 0 saturated heterocycles. The summed E-state index contributed by atoms with van der Waals surface area (Å²) < 4.78 is 1.01. The lowest BCUT2D eigenvalue weighted by molar-refractivity contribution is 0.263. The molecule has 0 saturated carbocycles. The summed E-state index contributed by atoms with van der Waals surface area (Å²) in [7, 11) is 0. The van der Waals surface area contributed by atoms with Crippen LogP contribution < -0.4 is 5.56 Å². The quantitative estimate of drug-likeness (QED) is 0.703. The molecular formula is C10H12N2O3. The number of aromatic nitrogens is 1. The highest BCUT2D eigenvalue weighted by Gasteiger charge is 2.15. The molecule has 5 heteroatoms. The first kappa shape index (κ1) is 11.3. The van der Waals surface area contributed by atoms with Gasteiger partial charge in [-0.3, -0.25) is 9.36 Å². The predicted octanol–water partition coefficient (Wildman–Crippen LogP) is 0.714. The zero-order valence-electron chi connectivity index (χ0n) is 8.61. The van der Waals surface area contributed by atoms with Gasteiger partial charge in [-0.25, -0.2) is 4.85 Å². The Kier molecular flexibility index (Phi) is 3.12. The number of rotatable bonds is 2. The van der Waals surface area contributed by atoms with Crippen molar-refractivity contribution >= 4 is 5.69 Å². The fraction of sp³-hybridized carbons (Fsp3) is 0.400. The van der Waals surface area contributed by atoms with Crippen molar-refractivity contribution in [3.05, 3.63) is 32.9 Å². The average molecular weight is 208 g/mol. The highest BCUT2D eigenvalue weighted by atomic mass is 16.3. The molecular weight excluding hydrogens is 196 g/mol. The molecule has 1 rings (SSSR count). The first-order valence-corrected chi connectivity index (χ1v) is 4.45. The van der Waals surface area contributed by atoms with Crippen molar-refractivity contribution in [2.45, 2.75) is 20.4 Å². The Hall–Kier alpha value is -1.80. The van der Waals surface area contributed by atoms with Crippen LogP contribution in [-0.4, -0.2) is 21.4 Å². The van der Waals surface area contributed by atoms with E-state index in [1.807, 2.05) is 0 Å². The van der Waals surface area contributed by atoms with Crippen molar-refractivity contribution in [2.75, 3.05) is 6.61 Å². The van der Waals surface area contributed by atoms with Crippen LogP contribution in [0.4, 0.5) is 5.69 Å². The second kappa shape index (κ2) is 4.15. The molecule has 1 aromatic heterocycles. The Morgan fingerprint density at radius 2 is 2.00 bits per heavy atom. The van der Waals surface area contributed by atoms with E-state index < -0.39 is 5.56 Å². The standard InChI is InChI=1S/C10H12N2O3/c1-6-7(2)9(14)12(4-5-13)10(15)8(6)11-3/h13-14H,4-5H2,1-2H3. The summed E-state index contributed by atoms with van der Waals surface area (Å²) in [6.45, 7) is 9.88. The molecule has 0 radical (unpaired) electrons. The van der Waals surface area contributed by atoms with E-state index in [9.17, 15) is 9.90 Å². The van der Waals surface area contributed by atoms with Crippen molar-refractivity contribution in [3.63, 3.8) is 0 Å². The van der Waals surface area contributed by atoms with Gasteiger partial charge in [-0.15, -0.1) is 0 Å². The average Bonchev–Trinajstić information content (AvgIpc) is 2.22. The van der Waals surface area contributed by atoms with E-state index in [4.69, 9.17) is 11.7 Å². The lowest BCUT2D eigenvalue weighted by Crippen LogP contribution is -2.22. The van der Waals surface area contributed by atoms with Crippen LogP contribution in [0.1, 0.15) is 11.1 Å². The summed E-state index contributed by atoms with van der Waals surface area (Å²) in [6.07, 6.45) is 0. The molecule has 2 N–H and O–H groups in total. The van der Waals surface area contributed by atoms with Crippen LogP contribution in [0.3, 0.4) is 0 Å². The molecule has 1 aromatic rings. The molecule has 0 aliphatic heterocycles.